The van der Waals surface area contributed by atoms with Crippen molar-refractivity contribution in [1.82, 2.24) is 20.9 Å². The second-order valence-corrected chi connectivity index (χ2v) is 6.97. The second kappa shape index (κ2) is 8.75. The van der Waals surface area contributed by atoms with Crippen LogP contribution >= 0.6 is 0 Å². The minimum atomic E-state index is -0.328. The van der Waals surface area contributed by atoms with Crippen LogP contribution in [-0.2, 0) is 4.79 Å². The largest absolute Gasteiger partial charge is 0.369 e. The van der Waals surface area contributed by atoms with Crippen molar-refractivity contribution < 1.29 is 9.59 Å². The number of nitrogens with one attached hydrogen (secondary N) is 3. The molecule has 0 aromatic heterocycles. The van der Waals surface area contributed by atoms with Crippen molar-refractivity contribution in [1.29, 1.82) is 0 Å². The molecule has 2 aliphatic heterocycles. The van der Waals surface area contributed by atoms with Gasteiger partial charge in [0.15, 0.2) is 5.96 Å². The Morgan fingerprint density at radius 3 is 2.74 bits per heavy atom. The molecule has 2 saturated heterocycles. The number of imide groups is 1. The number of anilines is 1. The van der Waals surface area contributed by atoms with Crippen molar-refractivity contribution >= 4 is 23.6 Å². The molecule has 8 heteroatoms. The molecule has 8 nitrogen and oxygen atoms in total. The van der Waals surface area contributed by atoms with Crippen LogP contribution in [0.4, 0.5) is 10.5 Å². The van der Waals surface area contributed by atoms with Gasteiger partial charge in [0.25, 0.3) is 0 Å². The predicted molar refractivity (Wildman–Crippen MR) is 106 cm³/mol. The summed E-state index contributed by atoms with van der Waals surface area (Å²) in [5.74, 6) is 0.503. The van der Waals surface area contributed by atoms with Crippen molar-refractivity contribution in [3.05, 3.63) is 29.8 Å². The number of benzene rings is 1. The van der Waals surface area contributed by atoms with Crippen LogP contribution in [0.5, 0.6) is 0 Å². The van der Waals surface area contributed by atoms with Crippen molar-refractivity contribution in [2.75, 3.05) is 44.7 Å². The zero-order chi connectivity index (χ0) is 19.2. The monoisotopic (exact) mass is 372 g/mol. The van der Waals surface area contributed by atoms with Crippen LogP contribution in [0.1, 0.15) is 18.4 Å². The van der Waals surface area contributed by atoms with Crippen LogP contribution in [0.25, 0.3) is 0 Å². The van der Waals surface area contributed by atoms with Gasteiger partial charge in [0.2, 0.25) is 5.91 Å². The third kappa shape index (κ3) is 4.90. The van der Waals surface area contributed by atoms with Crippen LogP contribution in [-0.4, -0.2) is 68.6 Å². The van der Waals surface area contributed by atoms with E-state index in [1.807, 2.05) is 0 Å². The molecule has 3 amide bonds. The molecule has 0 saturated carbocycles. The summed E-state index contributed by atoms with van der Waals surface area (Å²) in [5.41, 5.74) is 2.51. The maximum absolute atomic E-state index is 11.6. The number of hydrogen-bond donors (Lipinski definition) is 3. The van der Waals surface area contributed by atoms with E-state index in [1.54, 1.807) is 7.05 Å². The predicted octanol–water partition coefficient (Wildman–Crippen LogP) is 0.681. The van der Waals surface area contributed by atoms with E-state index < -0.39 is 0 Å². The standard InChI is InChI=1S/C19H28N6O2/c1-14-5-7-16(8-6-14)24-10-3-4-15(13-24)23-18(20-2)21-9-11-25-17(26)12-22-19(25)27/h5-8,15H,3-4,9-13H2,1-2H3,(H,22,27)(H2,20,21,23). The van der Waals surface area contributed by atoms with E-state index in [1.165, 1.54) is 16.2 Å². The van der Waals surface area contributed by atoms with Crippen molar-refractivity contribution in [2.24, 2.45) is 4.99 Å². The van der Waals surface area contributed by atoms with Gasteiger partial charge in [-0.2, -0.15) is 0 Å². The number of hydrogen-bond acceptors (Lipinski definition) is 4. The smallest absolute Gasteiger partial charge is 0.324 e. The van der Waals surface area contributed by atoms with Crippen LogP contribution in [0.2, 0.25) is 0 Å². The Kier molecular flexibility index (Phi) is 6.16. The molecule has 2 aliphatic rings. The highest BCUT2D eigenvalue weighted by molar-refractivity contribution is 6.01. The third-order valence-electron chi connectivity index (χ3n) is 4.95. The fraction of sp³-hybridized carbons (Fsp3) is 0.526. The van der Waals surface area contributed by atoms with E-state index in [2.05, 4.69) is 57.0 Å². The summed E-state index contributed by atoms with van der Waals surface area (Å²) >= 11 is 0. The van der Waals surface area contributed by atoms with Crippen LogP contribution in [0.3, 0.4) is 0 Å². The first kappa shape index (κ1) is 19.0. The van der Waals surface area contributed by atoms with Gasteiger partial charge in [-0.05, 0) is 31.9 Å². The Morgan fingerprint density at radius 2 is 2.07 bits per heavy atom. The summed E-state index contributed by atoms with van der Waals surface area (Å²) < 4.78 is 0. The zero-order valence-electron chi connectivity index (χ0n) is 16.0. The van der Waals surface area contributed by atoms with E-state index in [9.17, 15) is 9.59 Å². The summed E-state index contributed by atoms with van der Waals surface area (Å²) in [7, 11) is 1.73. The van der Waals surface area contributed by atoms with E-state index in [4.69, 9.17) is 0 Å². The molecule has 146 valence electrons. The number of carbonyl (C=O) groups is 2. The quantitative estimate of drug-likeness (QED) is 0.402. The highest BCUT2D eigenvalue weighted by Gasteiger charge is 2.28. The molecule has 1 atom stereocenters. The van der Waals surface area contributed by atoms with Gasteiger partial charge >= 0.3 is 6.03 Å². The summed E-state index contributed by atoms with van der Waals surface area (Å²) in [6.45, 7) is 4.94. The molecule has 0 spiro atoms. The van der Waals surface area contributed by atoms with Crippen LogP contribution in [0, 0.1) is 6.92 Å². The third-order valence-corrected chi connectivity index (χ3v) is 4.95. The van der Waals surface area contributed by atoms with Gasteiger partial charge in [-0.3, -0.25) is 14.7 Å². The molecule has 0 bridgehead atoms. The maximum Gasteiger partial charge on any atom is 0.324 e. The van der Waals surface area contributed by atoms with E-state index >= 15 is 0 Å². The van der Waals surface area contributed by atoms with Crippen LogP contribution in [0.15, 0.2) is 29.3 Å². The summed E-state index contributed by atoms with van der Waals surface area (Å²) in [6.07, 6.45) is 2.20. The molecule has 3 N–H and O–H groups in total. The first-order valence-electron chi connectivity index (χ1n) is 9.44. The van der Waals surface area contributed by atoms with Crippen LogP contribution < -0.4 is 20.9 Å². The SMILES string of the molecule is CN=C(NCCN1C(=O)CNC1=O)NC1CCCN(c2ccc(C)cc2)C1. The van der Waals surface area contributed by atoms with Gasteiger partial charge in [-0.25, -0.2) is 4.79 Å². The Bertz CT molecular complexity index is 687. The topological polar surface area (TPSA) is 89.1 Å². The summed E-state index contributed by atoms with van der Waals surface area (Å²) in [4.78, 5) is 31.0. The lowest BCUT2D eigenvalue weighted by Gasteiger charge is -2.35. The van der Waals surface area contributed by atoms with Gasteiger partial charge in [-0.1, -0.05) is 17.7 Å². The number of guanidine groups is 1. The fourth-order valence-corrected chi connectivity index (χ4v) is 3.44. The van der Waals surface area contributed by atoms with E-state index in [0.717, 1.165) is 25.9 Å². The van der Waals surface area contributed by atoms with E-state index in [-0.39, 0.29) is 18.5 Å². The number of rotatable bonds is 5. The highest BCUT2D eigenvalue weighted by atomic mass is 16.2. The lowest BCUT2D eigenvalue weighted by Crippen LogP contribution is -2.52. The molecule has 0 radical (unpaired) electrons. The molecule has 2 heterocycles. The highest BCUT2D eigenvalue weighted by Crippen LogP contribution is 2.20. The Balaban J connectivity index is 1.48. The van der Waals surface area contributed by atoms with Gasteiger partial charge in [0.05, 0.1) is 6.54 Å². The average Bonchev–Trinajstić information content (AvgIpc) is 3.00. The first-order valence-corrected chi connectivity index (χ1v) is 9.44. The number of urea groups is 1. The van der Waals surface area contributed by atoms with Crippen molar-refractivity contribution in [2.45, 2.75) is 25.8 Å². The maximum atomic E-state index is 11.6. The molecule has 1 unspecified atom stereocenters. The van der Waals surface area contributed by atoms with Crippen molar-refractivity contribution in [3.63, 3.8) is 0 Å². The molecule has 1 aromatic carbocycles. The fourth-order valence-electron chi connectivity index (χ4n) is 3.44. The molecular weight excluding hydrogens is 344 g/mol. The number of carbonyl (C=O) groups excluding carboxylic acids is 2. The first-order chi connectivity index (χ1) is 13.1. The normalized spacial score (nSPS) is 20.7. The molecule has 27 heavy (non-hydrogen) atoms. The van der Waals surface area contributed by atoms with Gasteiger partial charge in [-0.15, -0.1) is 0 Å². The second-order valence-electron chi connectivity index (χ2n) is 6.97. The molecule has 3 rings (SSSR count). The summed E-state index contributed by atoms with van der Waals surface area (Å²) in [6, 6.07) is 8.59. The number of aliphatic imine (C=N–C) groups is 1. The number of piperidine rings is 1. The van der Waals surface area contributed by atoms with Crippen molar-refractivity contribution in [3.8, 4) is 0 Å². The Morgan fingerprint density at radius 1 is 1.30 bits per heavy atom. The minimum absolute atomic E-state index is 0.0860. The lowest BCUT2D eigenvalue weighted by molar-refractivity contribution is -0.124. The number of amides is 3. The number of aryl methyl sites for hydroxylation is 1. The van der Waals surface area contributed by atoms with Gasteiger partial charge in [0.1, 0.15) is 0 Å². The zero-order valence-corrected chi connectivity index (χ0v) is 16.0. The molecule has 1 aromatic rings. The lowest BCUT2D eigenvalue weighted by atomic mass is 10.0. The summed E-state index contributed by atoms with van der Waals surface area (Å²) in [5, 5.41) is 9.17. The van der Waals surface area contributed by atoms with E-state index in [0.29, 0.717) is 25.1 Å². The van der Waals surface area contributed by atoms with Gasteiger partial charge in [0, 0.05) is 45.0 Å². The Hall–Kier alpha value is -2.77. The molecule has 0 aliphatic carbocycles. The molecular formula is C19H28N6O2. The molecule has 2 fully saturated rings. The average molecular weight is 372 g/mol. The van der Waals surface area contributed by atoms with Gasteiger partial charge < -0.3 is 20.9 Å². The Labute approximate surface area is 160 Å². The number of nitrogens with zero attached hydrogens (tertiary/aromatic N) is 3. The minimum Gasteiger partial charge on any atom is -0.369 e.